The summed E-state index contributed by atoms with van der Waals surface area (Å²) in [5.74, 6) is 0.868. The summed E-state index contributed by atoms with van der Waals surface area (Å²) in [6, 6.07) is 16.2. The lowest BCUT2D eigenvalue weighted by atomic mass is 10.3. The third-order valence-corrected chi connectivity index (χ3v) is 4.26. The highest BCUT2D eigenvalue weighted by Gasteiger charge is 2.02. The topological polar surface area (TPSA) is 9.23 Å². The molecule has 3 heteroatoms. The van der Waals surface area contributed by atoms with Gasteiger partial charge in [-0.1, -0.05) is 42.6 Å². The van der Waals surface area contributed by atoms with E-state index in [-0.39, 0.29) is 0 Å². The van der Waals surface area contributed by atoms with Crippen molar-refractivity contribution in [3.63, 3.8) is 0 Å². The van der Waals surface area contributed by atoms with Crippen molar-refractivity contribution in [3.8, 4) is 5.75 Å². The Hall–Kier alpha value is -1.19. The molecule has 18 heavy (non-hydrogen) atoms. The molecule has 0 saturated carbocycles. The molecule has 0 spiro atoms. The molecule has 0 fully saturated rings. The molecular formula is C15H13BrOS. The second kappa shape index (κ2) is 6.66. The monoisotopic (exact) mass is 320 g/mol. The Bertz CT molecular complexity index is 540. The van der Waals surface area contributed by atoms with Crippen LogP contribution in [0.4, 0.5) is 0 Å². The molecule has 2 aromatic carbocycles. The Morgan fingerprint density at radius 2 is 2.00 bits per heavy atom. The van der Waals surface area contributed by atoms with Gasteiger partial charge in [-0.25, -0.2) is 0 Å². The number of hydrogen-bond donors (Lipinski definition) is 0. The Labute approximate surface area is 120 Å². The van der Waals surface area contributed by atoms with Gasteiger partial charge < -0.3 is 4.74 Å². The number of hydrogen-bond acceptors (Lipinski definition) is 2. The SMILES string of the molecule is C=CCOc1cccc(Sc2ccccc2Br)c1. The summed E-state index contributed by atoms with van der Waals surface area (Å²) in [5.41, 5.74) is 0. The van der Waals surface area contributed by atoms with Gasteiger partial charge in [-0.3, -0.25) is 0 Å². The van der Waals surface area contributed by atoms with Crippen molar-refractivity contribution in [2.45, 2.75) is 9.79 Å². The van der Waals surface area contributed by atoms with E-state index in [0.717, 1.165) is 15.1 Å². The summed E-state index contributed by atoms with van der Waals surface area (Å²) >= 11 is 5.26. The highest BCUT2D eigenvalue weighted by molar-refractivity contribution is 9.10. The van der Waals surface area contributed by atoms with E-state index in [1.807, 2.05) is 36.4 Å². The minimum Gasteiger partial charge on any atom is -0.490 e. The lowest BCUT2D eigenvalue weighted by Crippen LogP contribution is -1.92. The Morgan fingerprint density at radius 3 is 2.78 bits per heavy atom. The van der Waals surface area contributed by atoms with Crippen LogP contribution < -0.4 is 4.74 Å². The molecule has 0 unspecified atom stereocenters. The molecule has 0 aliphatic heterocycles. The predicted octanol–water partition coefficient (Wildman–Crippen LogP) is 5.17. The zero-order valence-electron chi connectivity index (χ0n) is 9.80. The van der Waals surface area contributed by atoms with Crippen molar-refractivity contribution >= 4 is 27.7 Å². The van der Waals surface area contributed by atoms with E-state index < -0.39 is 0 Å². The van der Waals surface area contributed by atoms with Gasteiger partial charge in [0.25, 0.3) is 0 Å². The third-order valence-electron chi connectivity index (χ3n) is 2.24. The van der Waals surface area contributed by atoms with Crippen molar-refractivity contribution in [3.05, 3.63) is 65.7 Å². The average molecular weight is 321 g/mol. The smallest absolute Gasteiger partial charge is 0.120 e. The summed E-state index contributed by atoms with van der Waals surface area (Å²) in [6.07, 6.45) is 1.74. The molecular weight excluding hydrogens is 308 g/mol. The van der Waals surface area contributed by atoms with Crippen molar-refractivity contribution in [1.29, 1.82) is 0 Å². The van der Waals surface area contributed by atoms with E-state index in [1.165, 1.54) is 4.90 Å². The van der Waals surface area contributed by atoms with Gasteiger partial charge >= 0.3 is 0 Å². The van der Waals surface area contributed by atoms with Gasteiger partial charge in [0.15, 0.2) is 0 Å². The Balaban J connectivity index is 2.14. The van der Waals surface area contributed by atoms with Gasteiger partial charge in [-0.05, 0) is 46.3 Å². The van der Waals surface area contributed by atoms with Crippen LogP contribution in [0.1, 0.15) is 0 Å². The van der Waals surface area contributed by atoms with Crippen molar-refractivity contribution in [1.82, 2.24) is 0 Å². The minimum atomic E-state index is 0.531. The molecule has 0 atom stereocenters. The van der Waals surface area contributed by atoms with Crippen LogP contribution in [0.15, 0.2) is 75.4 Å². The van der Waals surface area contributed by atoms with E-state index in [4.69, 9.17) is 4.74 Å². The molecule has 1 nitrogen and oxygen atoms in total. The fourth-order valence-electron chi connectivity index (χ4n) is 1.44. The minimum absolute atomic E-state index is 0.531. The molecule has 92 valence electrons. The predicted molar refractivity (Wildman–Crippen MR) is 80.4 cm³/mol. The average Bonchev–Trinajstić information content (AvgIpc) is 2.40. The largest absolute Gasteiger partial charge is 0.490 e. The van der Waals surface area contributed by atoms with Crippen LogP contribution in [0.2, 0.25) is 0 Å². The standard InChI is InChI=1S/C15H13BrOS/c1-2-10-17-12-6-5-7-13(11-12)18-15-9-4-3-8-14(15)16/h2-9,11H,1,10H2. The first kappa shape index (κ1) is 13.2. The van der Waals surface area contributed by atoms with Gasteiger partial charge in [0.05, 0.1) is 0 Å². The normalized spacial score (nSPS) is 10.1. The van der Waals surface area contributed by atoms with Crippen LogP contribution in [-0.2, 0) is 0 Å². The second-order valence-electron chi connectivity index (χ2n) is 3.61. The zero-order valence-corrected chi connectivity index (χ0v) is 12.2. The van der Waals surface area contributed by atoms with Crippen LogP contribution >= 0.6 is 27.7 Å². The number of ether oxygens (including phenoxy) is 1. The van der Waals surface area contributed by atoms with E-state index in [2.05, 4.69) is 34.6 Å². The molecule has 2 aromatic rings. The number of halogens is 1. The summed E-state index contributed by atoms with van der Waals surface area (Å²) in [5, 5.41) is 0. The van der Waals surface area contributed by atoms with Gasteiger partial charge in [0.2, 0.25) is 0 Å². The quantitative estimate of drug-likeness (QED) is 0.703. The fraction of sp³-hybridized carbons (Fsp3) is 0.0667. The molecule has 0 bridgehead atoms. The lowest BCUT2D eigenvalue weighted by Gasteiger charge is -2.07. The Morgan fingerprint density at radius 1 is 1.17 bits per heavy atom. The summed E-state index contributed by atoms with van der Waals surface area (Å²) in [4.78, 5) is 2.35. The first-order chi connectivity index (χ1) is 8.79. The number of benzene rings is 2. The van der Waals surface area contributed by atoms with E-state index in [9.17, 15) is 0 Å². The van der Waals surface area contributed by atoms with E-state index in [0.29, 0.717) is 6.61 Å². The molecule has 0 aliphatic rings. The maximum atomic E-state index is 5.52. The summed E-state index contributed by atoms with van der Waals surface area (Å²) in [7, 11) is 0. The fourth-order valence-corrected chi connectivity index (χ4v) is 2.85. The molecule has 0 aromatic heterocycles. The van der Waals surface area contributed by atoms with Gasteiger partial charge in [-0.15, -0.1) is 0 Å². The maximum absolute atomic E-state index is 5.52. The van der Waals surface area contributed by atoms with Crippen LogP contribution in [0.3, 0.4) is 0 Å². The van der Waals surface area contributed by atoms with Gasteiger partial charge in [-0.2, -0.15) is 0 Å². The molecule has 0 saturated heterocycles. The lowest BCUT2D eigenvalue weighted by molar-refractivity contribution is 0.362. The van der Waals surface area contributed by atoms with Crippen molar-refractivity contribution in [2.75, 3.05) is 6.61 Å². The van der Waals surface area contributed by atoms with E-state index >= 15 is 0 Å². The third kappa shape index (κ3) is 3.65. The summed E-state index contributed by atoms with van der Waals surface area (Å²) in [6.45, 7) is 4.17. The first-order valence-corrected chi connectivity index (χ1v) is 7.16. The molecule has 2 rings (SSSR count). The van der Waals surface area contributed by atoms with Crippen molar-refractivity contribution in [2.24, 2.45) is 0 Å². The first-order valence-electron chi connectivity index (χ1n) is 5.56. The second-order valence-corrected chi connectivity index (χ2v) is 5.58. The molecule has 0 aliphatic carbocycles. The molecule has 0 heterocycles. The molecule has 0 amide bonds. The van der Waals surface area contributed by atoms with Gasteiger partial charge in [0.1, 0.15) is 12.4 Å². The van der Waals surface area contributed by atoms with Crippen LogP contribution in [0.25, 0.3) is 0 Å². The van der Waals surface area contributed by atoms with Crippen molar-refractivity contribution < 1.29 is 4.74 Å². The highest BCUT2D eigenvalue weighted by Crippen LogP contribution is 2.34. The Kier molecular flexibility index (Phi) is 4.90. The summed E-state index contributed by atoms with van der Waals surface area (Å²) < 4.78 is 6.62. The highest BCUT2D eigenvalue weighted by atomic mass is 79.9. The van der Waals surface area contributed by atoms with Crippen LogP contribution in [-0.4, -0.2) is 6.61 Å². The molecule has 0 radical (unpaired) electrons. The maximum Gasteiger partial charge on any atom is 0.120 e. The van der Waals surface area contributed by atoms with Gasteiger partial charge in [0, 0.05) is 14.3 Å². The number of rotatable bonds is 5. The molecule has 0 N–H and O–H groups in total. The zero-order chi connectivity index (χ0) is 12.8. The van der Waals surface area contributed by atoms with Crippen LogP contribution in [0, 0.1) is 0 Å². The van der Waals surface area contributed by atoms with Crippen LogP contribution in [0.5, 0.6) is 5.75 Å². The van der Waals surface area contributed by atoms with E-state index in [1.54, 1.807) is 17.8 Å².